The van der Waals surface area contributed by atoms with Gasteiger partial charge in [-0.15, -0.1) is 0 Å². The van der Waals surface area contributed by atoms with Crippen molar-refractivity contribution < 1.29 is 4.79 Å². The van der Waals surface area contributed by atoms with Gasteiger partial charge in [0.05, 0.1) is 41.0 Å². The van der Waals surface area contributed by atoms with Gasteiger partial charge >= 0.3 is 0 Å². The van der Waals surface area contributed by atoms with E-state index in [2.05, 4.69) is 25.4 Å². The number of para-hydroxylation sites is 1. The summed E-state index contributed by atoms with van der Waals surface area (Å²) in [5.41, 5.74) is 3.72. The number of carbonyl (C=O) groups excluding carboxylic acids is 1. The van der Waals surface area contributed by atoms with Gasteiger partial charge in [-0.2, -0.15) is 5.10 Å². The highest BCUT2D eigenvalue weighted by Gasteiger charge is 2.12. The van der Waals surface area contributed by atoms with Crippen molar-refractivity contribution in [2.75, 3.05) is 5.32 Å². The van der Waals surface area contributed by atoms with Crippen molar-refractivity contribution in [3.63, 3.8) is 0 Å². The van der Waals surface area contributed by atoms with E-state index in [0.717, 1.165) is 17.0 Å². The second-order valence-electron chi connectivity index (χ2n) is 6.72. The molecule has 1 aromatic carbocycles. The minimum Gasteiger partial charge on any atom is -0.322 e. The van der Waals surface area contributed by atoms with Crippen molar-refractivity contribution in [3.8, 4) is 5.95 Å². The summed E-state index contributed by atoms with van der Waals surface area (Å²) < 4.78 is 2.93. The molecule has 3 heterocycles. The molecule has 0 aliphatic heterocycles. The maximum Gasteiger partial charge on any atom is 0.261 e. The number of hydrogen-bond donors (Lipinski definition) is 1. The first kappa shape index (κ1) is 18.5. The fourth-order valence-electron chi connectivity index (χ4n) is 2.98. The Kier molecular flexibility index (Phi) is 4.63. The first-order valence-electron chi connectivity index (χ1n) is 9.03. The molecule has 146 valence electrons. The minimum atomic E-state index is -0.373. The Morgan fingerprint density at radius 1 is 1.07 bits per heavy atom. The molecular weight excluding hydrogens is 370 g/mol. The molecule has 1 amide bonds. The van der Waals surface area contributed by atoms with E-state index in [9.17, 15) is 9.59 Å². The number of nitrogens with zero attached hydrogens (tertiary/aromatic N) is 6. The van der Waals surface area contributed by atoms with E-state index in [-0.39, 0.29) is 18.0 Å². The van der Waals surface area contributed by atoms with Crippen molar-refractivity contribution in [3.05, 3.63) is 70.3 Å². The van der Waals surface area contributed by atoms with Crippen LogP contribution in [0, 0.1) is 20.8 Å². The molecule has 29 heavy (non-hydrogen) atoms. The molecule has 4 aromatic rings. The molecule has 4 rings (SSSR count). The standard InChI is InChI=1S/C20H19N7O2/c1-12-13(2)25-27(14(12)3)20-21-8-15(9-22-20)24-18(28)10-26-11-23-17-7-5-4-6-16(17)19(26)29/h4-9,11H,10H2,1-3H3,(H,24,28). The summed E-state index contributed by atoms with van der Waals surface area (Å²) in [6, 6.07) is 7.01. The van der Waals surface area contributed by atoms with Crippen molar-refractivity contribution in [2.24, 2.45) is 0 Å². The summed E-state index contributed by atoms with van der Waals surface area (Å²) in [4.78, 5) is 37.6. The van der Waals surface area contributed by atoms with E-state index < -0.39 is 0 Å². The average molecular weight is 389 g/mol. The number of benzene rings is 1. The molecule has 9 heteroatoms. The molecule has 0 spiro atoms. The molecule has 3 aromatic heterocycles. The first-order chi connectivity index (χ1) is 13.9. The Morgan fingerprint density at radius 2 is 1.79 bits per heavy atom. The minimum absolute atomic E-state index is 0.158. The number of rotatable bonds is 4. The summed E-state index contributed by atoms with van der Waals surface area (Å²) in [6.45, 7) is 5.71. The predicted molar refractivity (Wildman–Crippen MR) is 108 cm³/mol. The zero-order chi connectivity index (χ0) is 20.5. The number of nitrogens with one attached hydrogen (secondary N) is 1. The third-order valence-corrected chi connectivity index (χ3v) is 4.81. The Labute approximate surface area is 166 Å². The monoisotopic (exact) mass is 389 g/mol. The summed E-state index contributed by atoms with van der Waals surface area (Å²) in [5.74, 6) is 0.0501. The van der Waals surface area contributed by atoms with Crippen LogP contribution in [0.2, 0.25) is 0 Å². The smallest absolute Gasteiger partial charge is 0.261 e. The van der Waals surface area contributed by atoms with Gasteiger partial charge in [0, 0.05) is 5.69 Å². The summed E-state index contributed by atoms with van der Waals surface area (Å²) >= 11 is 0. The van der Waals surface area contributed by atoms with E-state index in [1.165, 1.54) is 23.3 Å². The zero-order valence-corrected chi connectivity index (χ0v) is 16.2. The third kappa shape index (κ3) is 3.49. The lowest BCUT2D eigenvalue weighted by molar-refractivity contribution is -0.116. The fraction of sp³-hybridized carbons (Fsp3) is 0.200. The molecule has 0 saturated heterocycles. The van der Waals surface area contributed by atoms with Crippen LogP contribution in [0.5, 0.6) is 0 Å². The van der Waals surface area contributed by atoms with E-state index in [4.69, 9.17) is 0 Å². The molecule has 0 bridgehead atoms. The second kappa shape index (κ2) is 7.27. The maximum atomic E-state index is 12.5. The van der Waals surface area contributed by atoms with Gasteiger partial charge in [0.1, 0.15) is 6.54 Å². The zero-order valence-electron chi connectivity index (χ0n) is 16.2. The average Bonchev–Trinajstić information content (AvgIpc) is 2.98. The Morgan fingerprint density at radius 3 is 2.48 bits per heavy atom. The molecule has 9 nitrogen and oxygen atoms in total. The first-order valence-corrected chi connectivity index (χ1v) is 9.03. The van der Waals surface area contributed by atoms with Gasteiger partial charge in [0.2, 0.25) is 5.91 Å². The van der Waals surface area contributed by atoms with Crippen molar-refractivity contribution in [2.45, 2.75) is 27.3 Å². The van der Waals surface area contributed by atoms with Gasteiger partial charge in [-0.25, -0.2) is 19.6 Å². The summed E-state index contributed by atoms with van der Waals surface area (Å²) in [5, 5.41) is 7.58. The molecule has 0 radical (unpaired) electrons. The summed E-state index contributed by atoms with van der Waals surface area (Å²) in [7, 11) is 0. The molecular formula is C20H19N7O2. The Balaban J connectivity index is 1.50. The molecule has 0 atom stereocenters. The molecule has 0 unspecified atom stereocenters. The third-order valence-electron chi connectivity index (χ3n) is 4.81. The van der Waals surface area contributed by atoms with Crippen LogP contribution in [0.1, 0.15) is 17.0 Å². The van der Waals surface area contributed by atoms with Crippen LogP contribution in [0.15, 0.2) is 47.8 Å². The van der Waals surface area contributed by atoms with Crippen LogP contribution >= 0.6 is 0 Å². The quantitative estimate of drug-likeness (QED) is 0.571. The lowest BCUT2D eigenvalue weighted by Gasteiger charge is -2.08. The maximum absolute atomic E-state index is 12.5. The van der Waals surface area contributed by atoms with E-state index in [1.54, 1.807) is 22.9 Å². The molecule has 0 aliphatic rings. The van der Waals surface area contributed by atoms with Crippen molar-refractivity contribution in [1.29, 1.82) is 0 Å². The second-order valence-corrected chi connectivity index (χ2v) is 6.72. The number of carbonyl (C=O) groups is 1. The highest BCUT2D eigenvalue weighted by atomic mass is 16.2. The van der Waals surface area contributed by atoms with Gasteiger partial charge in [-0.1, -0.05) is 12.1 Å². The summed E-state index contributed by atoms with van der Waals surface area (Å²) in [6.07, 6.45) is 4.38. The van der Waals surface area contributed by atoms with Gasteiger partial charge < -0.3 is 5.32 Å². The number of hydrogen-bond acceptors (Lipinski definition) is 6. The van der Waals surface area contributed by atoms with Crippen LogP contribution < -0.4 is 10.9 Å². The van der Waals surface area contributed by atoms with Crippen molar-refractivity contribution in [1.82, 2.24) is 29.3 Å². The van der Waals surface area contributed by atoms with Crippen LogP contribution in [-0.4, -0.2) is 35.2 Å². The van der Waals surface area contributed by atoms with Crippen LogP contribution in [0.25, 0.3) is 16.9 Å². The van der Waals surface area contributed by atoms with Crippen LogP contribution in [0.3, 0.4) is 0 Å². The lowest BCUT2D eigenvalue weighted by atomic mass is 10.2. The van der Waals surface area contributed by atoms with Gasteiger partial charge in [0.25, 0.3) is 11.5 Å². The van der Waals surface area contributed by atoms with E-state index in [1.807, 2.05) is 26.8 Å². The highest BCUT2D eigenvalue weighted by Crippen LogP contribution is 2.15. The largest absolute Gasteiger partial charge is 0.322 e. The van der Waals surface area contributed by atoms with Crippen LogP contribution in [0.4, 0.5) is 5.69 Å². The van der Waals surface area contributed by atoms with Crippen LogP contribution in [-0.2, 0) is 11.3 Å². The van der Waals surface area contributed by atoms with Gasteiger partial charge in [-0.05, 0) is 38.5 Å². The number of aromatic nitrogens is 6. The lowest BCUT2D eigenvalue weighted by Crippen LogP contribution is -2.28. The number of amides is 1. The predicted octanol–water partition coefficient (Wildman–Crippen LogP) is 1.94. The molecule has 0 aliphatic carbocycles. The number of anilines is 1. The Hall–Kier alpha value is -3.88. The fourth-order valence-corrected chi connectivity index (χ4v) is 2.98. The van der Waals surface area contributed by atoms with Gasteiger partial charge in [0.15, 0.2) is 0 Å². The van der Waals surface area contributed by atoms with E-state index in [0.29, 0.717) is 22.5 Å². The van der Waals surface area contributed by atoms with E-state index >= 15 is 0 Å². The number of fused-ring (bicyclic) bond motifs is 1. The normalized spacial score (nSPS) is 11.0. The topological polar surface area (TPSA) is 108 Å². The SMILES string of the molecule is Cc1nn(-c2ncc(NC(=O)Cn3cnc4ccccc4c3=O)cn2)c(C)c1C. The molecule has 0 saturated carbocycles. The highest BCUT2D eigenvalue weighted by molar-refractivity contribution is 5.90. The molecule has 1 N–H and O–H groups in total. The number of aryl methyl sites for hydroxylation is 1. The Bertz CT molecular complexity index is 1270. The molecule has 0 fully saturated rings. The van der Waals surface area contributed by atoms with Gasteiger partial charge in [-0.3, -0.25) is 14.2 Å². The van der Waals surface area contributed by atoms with Crippen molar-refractivity contribution >= 4 is 22.5 Å².